The molecule has 1 aromatic carbocycles. The zero-order chi connectivity index (χ0) is 12.3. The SMILES string of the molecule is Cc1ccccc1CC(C(=O)O)N1CCCC1. The van der Waals surface area contributed by atoms with Crippen LogP contribution in [0.15, 0.2) is 24.3 Å². The van der Waals surface area contributed by atoms with Gasteiger partial charge in [-0.1, -0.05) is 24.3 Å². The lowest BCUT2D eigenvalue weighted by Gasteiger charge is -2.24. The van der Waals surface area contributed by atoms with Crippen LogP contribution in [-0.2, 0) is 11.2 Å². The van der Waals surface area contributed by atoms with E-state index in [1.165, 1.54) is 5.56 Å². The molecule has 1 aromatic rings. The number of likely N-dealkylation sites (tertiary alicyclic amines) is 1. The summed E-state index contributed by atoms with van der Waals surface area (Å²) in [4.78, 5) is 13.5. The Morgan fingerprint density at radius 3 is 2.59 bits per heavy atom. The molecular weight excluding hydrogens is 214 g/mol. The Bertz CT molecular complexity index is 397. The second-order valence-electron chi connectivity index (χ2n) is 4.73. The second-order valence-corrected chi connectivity index (χ2v) is 4.73. The molecule has 1 N–H and O–H groups in total. The Balaban J connectivity index is 2.12. The van der Waals surface area contributed by atoms with Crippen LogP contribution in [0.1, 0.15) is 24.0 Å². The van der Waals surface area contributed by atoms with Gasteiger partial charge in [0, 0.05) is 0 Å². The van der Waals surface area contributed by atoms with Crippen molar-refractivity contribution in [3.05, 3.63) is 35.4 Å². The average Bonchev–Trinajstić information content (AvgIpc) is 2.81. The summed E-state index contributed by atoms with van der Waals surface area (Å²) in [5.41, 5.74) is 2.32. The predicted molar refractivity (Wildman–Crippen MR) is 67.1 cm³/mol. The van der Waals surface area contributed by atoms with E-state index in [0.29, 0.717) is 6.42 Å². The van der Waals surface area contributed by atoms with Crippen molar-refractivity contribution in [3.63, 3.8) is 0 Å². The highest BCUT2D eigenvalue weighted by atomic mass is 16.4. The van der Waals surface area contributed by atoms with Crippen LogP contribution >= 0.6 is 0 Å². The van der Waals surface area contributed by atoms with Crippen LogP contribution in [0.4, 0.5) is 0 Å². The average molecular weight is 233 g/mol. The molecule has 1 fully saturated rings. The largest absolute Gasteiger partial charge is 0.480 e. The van der Waals surface area contributed by atoms with Gasteiger partial charge in [-0.25, -0.2) is 0 Å². The van der Waals surface area contributed by atoms with Gasteiger partial charge >= 0.3 is 5.97 Å². The van der Waals surface area contributed by atoms with E-state index < -0.39 is 5.97 Å². The van der Waals surface area contributed by atoms with Crippen LogP contribution in [-0.4, -0.2) is 35.1 Å². The minimum Gasteiger partial charge on any atom is -0.480 e. The molecule has 17 heavy (non-hydrogen) atoms. The minimum absolute atomic E-state index is 0.362. The molecule has 0 saturated carbocycles. The summed E-state index contributed by atoms with van der Waals surface area (Å²) in [6, 6.07) is 7.67. The lowest BCUT2D eigenvalue weighted by atomic mass is 10.0. The quantitative estimate of drug-likeness (QED) is 0.865. The number of benzene rings is 1. The third kappa shape index (κ3) is 2.86. The third-order valence-electron chi connectivity index (χ3n) is 3.54. The van der Waals surface area contributed by atoms with Crippen LogP contribution < -0.4 is 0 Å². The smallest absolute Gasteiger partial charge is 0.321 e. The van der Waals surface area contributed by atoms with Gasteiger partial charge in [0.25, 0.3) is 0 Å². The van der Waals surface area contributed by atoms with Crippen molar-refractivity contribution in [1.82, 2.24) is 4.90 Å². The van der Waals surface area contributed by atoms with Crippen molar-refractivity contribution < 1.29 is 9.90 Å². The summed E-state index contributed by atoms with van der Waals surface area (Å²) < 4.78 is 0. The van der Waals surface area contributed by atoms with Crippen LogP contribution in [0.2, 0.25) is 0 Å². The predicted octanol–water partition coefficient (Wildman–Crippen LogP) is 2.09. The Morgan fingerprint density at radius 2 is 2.00 bits per heavy atom. The molecule has 2 rings (SSSR count). The van der Waals surface area contributed by atoms with E-state index in [1.807, 2.05) is 31.2 Å². The fourth-order valence-electron chi connectivity index (χ4n) is 2.47. The highest BCUT2D eigenvalue weighted by molar-refractivity contribution is 5.74. The highest BCUT2D eigenvalue weighted by Crippen LogP contribution is 2.17. The zero-order valence-corrected chi connectivity index (χ0v) is 10.2. The Labute approximate surface area is 102 Å². The molecule has 1 unspecified atom stereocenters. The maximum Gasteiger partial charge on any atom is 0.321 e. The van der Waals surface area contributed by atoms with Crippen molar-refractivity contribution in [2.75, 3.05) is 13.1 Å². The fraction of sp³-hybridized carbons (Fsp3) is 0.500. The van der Waals surface area contributed by atoms with Gasteiger partial charge in [-0.15, -0.1) is 0 Å². The number of nitrogens with zero attached hydrogens (tertiary/aromatic N) is 1. The van der Waals surface area contributed by atoms with Crippen molar-refractivity contribution in [3.8, 4) is 0 Å². The molecule has 0 aliphatic carbocycles. The number of carbonyl (C=O) groups is 1. The number of carboxylic acid groups (broad SMARTS) is 1. The van der Waals surface area contributed by atoms with Crippen molar-refractivity contribution in [2.45, 2.75) is 32.2 Å². The first-order valence-electron chi connectivity index (χ1n) is 6.20. The first-order valence-corrected chi connectivity index (χ1v) is 6.20. The van der Waals surface area contributed by atoms with Crippen molar-refractivity contribution in [2.24, 2.45) is 0 Å². The molecule has 1 heterocycles. The van der Waals surface area contributed by atoms with E-state index in [-0.39, 0.29) is 6.04 Å². The first-order chi connectivity index (χ1) is 8.18. The lowest BCUT2D eigenvalue weighted by molar-refractivity contribution is -0.142. The van der Waals surface area contributed by atoms with Crippen LogP contribution in [0.3, 0.4) is 0 Å². The minimum atomic E-state index is -0.699. The summed E-state index contributed by atoms with van der Waals surface area (Å²) in [6.07, 6.45) is 2.86. The summed E-state index contributed by atoms with van der Waals surface area (Å²) in [7, 11) is 0. The third-order valence-corrected chi connectivity index (χ3v) is 3.54. The number of hydrogen-bond acceptors (Lipinski definition) is 2. The Kier molecular flexibility index (Phi) is 3.79. The van der Waals surface area contributed by atoms with Gasteiger partial charge in [-0.2, -0.15) is 0 Å². The first kappa shape index (κ1) is 12.1. The van der Waals surface area contributed by atoms with E-state index in [0.717, 1.165) is 31.5 Å². The molecule has 92 valence electrons. The topological polar surface area (TPSA) is 40.5 Å². The van der Waals surface area contributed by atoms with Crippen LogP contribution in [0, 0.1) is 6.92 Å². The van der Waals surface area contributed by atoms with Crippen LogP contribution in [0.5, 0.6) is 0 Å². The fourth-order valence-corrected chi connectivity index (χ4v) is 2.47. The van der Waals surface area contributed by atoms with E-state index in [9.17, 15) is 9.90 Å². The zero-order valence-electron chi connectivity index (χ0n) is 10.2. The molecule has 1 aliphatic heterocycles. The summed E-state index contributed by atoms with van der Waals surface area (Å²) in [5.74, 6) is -0.699. The number of aryl methyl sites for hydroxylation is 1. The molecule has 0 amide bonds. The molecule has 1 saturated heterocycles. The van der Waals surface area contributed by atoms with Gasteiger partial charge in [-0.05, 0) is 50.4 Å². The number of hydrogen-bond donors (Lipinski definition) is 1. The van der Waals surface area contributed by atoms with Gasteiger partial charge in [0.15, 0.2) is 0 Å². The number of aliphatic carboxylic acids is 1. The van der Waals surface area contributed by atoms with E-state index in [2.05, 4.69) is 4.90 Å². The van der Waals surface area contributed by atoms with Crippen molar-refractivity contribution >= 4 is 5.97 Å². The molecule has 0 spiro atoms. The van der Waals surface area contributed by atoms with E-state index in [4.69, 9.17) is 0 Å². The normalized spacial score (nSPS) is 18.2. The lowest BCUT2D eigenvalue weighted by Crippen LogP contribution is -2.41. The molecule has 3 heteroatoms. The summed E-state index contributed by atoms with van der Waals surface area (Å²) in [5, 5.41) is 9.34. The molecular formula is C14H19NO2. The maximum atomic E-state index is 11.4. The molecule has 3 nitrogen and oxygen atoms in total. The molecule has 0 aromatic heterocycles. The van der Waals surface area contributed by atoms with Crippen molar-refractivity contribution in [1.29, 1.82) is 0 Å². The number of carboxylic acids is 1. The van der Waals surface area contributed by atoms with Gasteiger partial charge in [0.2, 0.25) is 0 Å². The second kappa shape index (κ2) is 5.32. The van der Waals surface area contributed by atoms with E-state index in [1.54, 1.807) is 0 Å². The Hall–Kier alpha value is -1.35. The highest BCUT2D eigenvalue weighted by Gasteiger charge is 2.28. The Morgan fingerprint density at radius 1 is 1.35 bits per heavy atom. The molecule has 0 bridgehead atoms. The van der Waals surface area contributed by atoms with Gasteiger partial charge in [0.05, 0.1) is 0 Å². The molecule has 0 radical (unpaired) electrons. The van der Waals surface area contributed by atoms with Gasteiger partial charge in [0.1, 0.15) is 6.04 Å². The summed E-state index contributed by atoms with van der Waals surface area (Å²) in [6.45, 7) is 3.88. The monoisotopic (exact) mass is 233 g/mol. The van der Waals surface area contributed by atoms with Crippen LogP contribution in [0.25, 0.3) is 0 Å². The number of rotatable bonds is 4. The van der Waals surface area contributed by atoms with Gasteiger partial charge < -0.3 is 5.11 Å². The molecule has 1 atom stereocenters. The van der Waals surface area contributed by atoms with E-state index >= 15 is 0 Å². The maximum absolute atomic E-state index is 11.4. The van der Waals surface area contributed by atoms with Gasteiger partial charge in [-0.3, -0.25) is 9.69 Å². The summed E-state index contributed by atoms with van der Waals surface area (Å²) >= 11 is 0. The standard InChI is InChI=1S/C14H19NO2/c1-11-6-2-3-7-12(11)10-13(14(16)17)15-8-4-5-9-15/h2-3,6-7,13H,4-5,8-10H2,1H3,(H,16,17). The molecule has 1 aliphatic rings.